The minimum atomic E-state index is -0.278. The lowest BCUT2D eigenvalue weighted by Gasteiger charge is -2.27. The summed E-state index contributed by atoms with van der Waals surface area (Å²) in [6.45, 7) is 1.62. The van der Waals surface area contributed by atoms with E-state index in [0.717, 1.165) is 19.2 Å². The maximum absolute atomic E-state index is 10.0. The highest BCUT2D eigenvalue weighted by molar-refractivity contribution is 6.66. The van der Waals surface area contributed by atoms with Gasteiger partial charge in [0.15, 0.2) is 7.28 Å². The van der Waals surface area contributed by atoms with Crippen LogP contribution in [0.2, 0.25) is 6.32 Å². The van der Waals surface area contributed by atoms with Crippen LogP contribution in [0, 0.1) is 5.92 Å². The molecule has 11 heavy (non-hydrogen) atoms. The Labute approximate surface area is 67.4 Å². The Balaban J connectivity index is 2.23. The smallest absolute Gasteiger partial charge is 0.197 e. The lowest BCUT2D eigenvalue weighted by molar-refractivity contribution is 0.0916. The largest absolute Gasteiger partial charge is 0.392 e. The van der Waals surface area contributed by atoms with Crippen LogP contribution in [0.4, 0.5) is 0 Å². The molecule has 0 aromatic heterocycles. The van der Waals surface area contributed by atoms with Crippen molar-refractivity contribution in [2.24, 2.45) is 5.92 Å². The molecule has 0 saturated carbocycles. The summed E-state index contributed by atoms with van der Waals surface area (Å²) in [6.07, 6.45) is 2.20. The summed E-state index contributed by atoms with van der Waals surface area (Å²) >= 11 is 0. The minimum Gasteiger partial charge on any atom is -0.392 e. The summed E-state index contributed by atoms with van der Waals surface area (Å²) in [5, 5.41) is 12.5. The van der Waals surface area contributed by atoms with Crippen molar-refractivity contribution in [3.8, 4) is 0 Å². The molecule has 0 bridgehead atoms. The second kappa shape index (κ2) is 4.52. The van der Waals surface area contributed by atoms with E-state index in [2.05, 4.69) is 5.32 Å². The van der Waals surface area contributed by atoms with E-state index in [9.17, 15) is 9.90 Å². The SMILES string of the molecule is O=C[B]C[C@H]1CCNC[C@@H]1O. The second-order valence-corrected chi connectivity index (χ2v) is 2.93. The van der Waals surface area contributed by atoms with Gasteiger partial charge in [0.25, 0.3) is 0 Å². The molecule has 3 nitrogen and oxygen atoms in total. The summed E-state index contributed by atoms with van der Waals surface area (Å²) in [4.78, 5) is 10.0. The van der Waals surface area contributed by atoms with Gasteiger partial charge in [-0.1, -0.05) is 6.32 Å². The molecule has 0 aromatic rings. The maximum Gasteiger partial charge on any atom is 0.197 e. The molecule has 1 heterocycles. The van der Waals surface area contributed by atoms with Crippen LogP contribution in [-0.2, 0) is 4.79 Å². The highest BCUT2D eigenvalue weighted by Crippen LogP contribution is 2.15. The molecule has 1 fully saturated rings. The molecule has 0 unspecified atom stereocenters. The molecular weight excluding hydrogens is 141 g/mol. The van der Waals surface area contributed by atoms with Gasteiger partial charge in [0, 0.05) is 6.54 Å². The predicted octanol–water partition coefficient (Wildman–Crippen LogP) is -0.731. The summed E-state index contributed by atoms with van der Waals surface area (Å²) in [5.74, 6) is 0.279. The van der Waals surface area contributed by atoms with Gasteiger partial charge < -0.3 is 15.2 Å². The van der Waals surface area contributed by atoms with E-state index in [4.69, 9.17) is 0 Å². The lowest BCUT2D eigenvalue weighted by atomic mass is 9.68. The number of nitrogens with one attached hydrogen (secondary N) is 1. The predicted molar refractivity (Wildman–Crippen MR) is 44.3 cm³/mol. The van der Waals surface area contributed by atoms with E-state index in [0.29, 0.717) is 12.9 Å². The number of hydrogen-bond acceptors (Lipinski definition) is 3. The highest BCUT2D eigenvalue weighted by Gasteiger charge is 2.21. The van der Waals surface area contributed by atoms with E-state index in [-0.39, 0.29) is 12.0 Å². The molecule has 1 rings (SSSR count). The minimum absolute atomic E-state index is 0.278. The van der Waals surface area contributed by atoms with Gasteiger partial charge in [-0.15, -0.1) is 0 Å². The topological polar surface area (TPSA) is 49.3 Å². The third-order valence-corrected chi connectivity index (χ3v) is 2.12. The summed E-state index contributed by atoms with van der Waals surface area (Å²) in [6, 6.07) is 0. The standard InChI is InChI=1S/C7H13BNO2/c10-5-8-3-6-1-2-9-4-7(6)11/h5-7,9,11H,1-4H2/t6-,7+/m1/s1. The van der Waals surface area contributed by atoms with Crippen LogP contribution in [0.15, 0.2) is 0 Å². The van der Waals surface area contributed by atoms with Crippen LogP contribution in [-0.4, -0.2) is 37.8 Å². The highest BCUT2D eigenvalue weighted by atomic mass is 16.3. The van der Waals surface area contributed by atoms with E-state index in [1.807, 2.05) is 0 Å². The van der Waals surface area contributed by atoms with Gasteiger partial charge in [0.1, 0.15) is 0 Å². The fraction of sp³-hybridized carbons (Fsp3) is 0.857. The summed E-state index contributed by atoms with van der Waals surface area (Å²) in [7, 11) is 1.58. The van der Waals surface area contributed by atoms with Crippen LogP contribution >= 0.6 is 0 Å². The van der Waals surface area contributed by atoms with Gasteiger partial charge >= 0.3 is 0 Å². The van der Waals surface area contributed by atoms with Crippen LogP contribution < -0.4 is 5.32 Å². The van der Waals surface area contributed by atoms with Crippen molar-refractivity contribution in [2.75, 3.05) is 13.1 Å². The molecule has 61 valence electrons. The van der Waals surface area contributed by atoms with Gasteiger partial charge in [-0.05, 0) is 18.9 Å². The van der Waals surface area contributed by atoms with Crippen molar-refractivity contribution in [1.82, 2.24) is 5.32 Å². The molecule has 1 radical (unpaired) electrons. The number of carbonyl (C=O) groups excluding carboxylic acids is 1. The first-order valence-electron chi connectivity index (χ1n) is 4.00. The third kappa shape index (κ3) is 2.63. The van der Waals surface area contributed by atoms with Crippen LogP contribution in [0.25, 0.3) is 0 Å². The average Bonchev–Trinajstić information content (AvgIpc) is 2.03. The fourth-order valence-corrected chi connectivity index (χ4v) is 1.40. The molecular formula is C7H13BNO2. The second-order valence-electron chi connectivity index (χ2n) is 2.93. The Kier molecular flexibility index (Phi) is 3.59. The molecule has 0 aromatic carbocycles. The van der Waals surface area contributed by atoms with Gasteiger partial charge in [-0.25, -0.2) is 0 Å². The van der Waals surface area contributed by atoms with Crippen LogP contribution in [0.5, 0.6) is 0 Å². The van der Waals surface area contributed by atoms with Crippen molar-refractivity contribution in [2.45, 2.75) is 18.8 Å². The van der Waals surface area contributed by atoms with Gasteiger partial charge in [0.05, 0.1) is 12.3 Å². The first-order valence-corrected chi connectivity index (χ1v) is 4.00. The number of piperidine rings is 1. The quantitative estimate of drug-likeness (QED) is 0.416. The number of rotatable bonds is 3. The number of carbonyl (C=O) groups is 1. The van der Waals surface area contributed by atoms with Crippen molar-refractivity contribution < 1.29 is 9.90 Å². The molecule has 4 heteroatoms. The number of aliphatic hydroxyl groups is 1. The zero-order chi connectivity index (χ0) is 8.10. The Morgan fingerprint density at radius 1 is 1.73 bits per heavy atom. The lowest BCUT2D eigenvalue weighted by Crippen LogP contribution is -2.40. The van der Waals surface area contributed by atoms with Crippen LogP contribution in [0.3, 0.4) is 0 Å². The van der Waals surface area contributed by atoms with Crippen molar-refractivity contribution in [3.63, 3.8) is 0 Å². The monoisotopic (exact) mass is 154 g/mol. The molecule has 0 aliphatic carbocycles. The van der Waals surface area contributed by atoms with Gasteiger partial charge in [0.2, 0.25) is 0 Å². The summed E-state index contributed by atoms with van der Waals surface area (Å²) < 4.78 is 0. The first-order chi connectivity index (χ1) is 5.34. The summed E-state index contributed by atoms with van der Waals surface area (Å²) in [5.41, 5.74) is 0. The Bertz CT molecular complexity index is 132. The van der Waals surface area contributed by atoms with Gasteiger partial charge in [-0.2, -0.15) is 0 Å². The molecule has 2 N–H and O–H groups in total. The maximum atomic E-state index is 10.0. The first kappa shape index (κ1) is 8.75. The number of aliphatic hydroxyl groups excluding tert-OH is 1. The molecule has 2 atom stereocenters. The van der Waals surface area contributed by atoms with Crippen molar-refractivity contribution in [1.29, 1.82) is 0 Å². The van der Waals surface area contributed by atoms with E-state index in [1.54, 1.807) is 7.28 Å². The normalized spacial score (nSPS) is 31.4. The molecule has 1 saturated heterocycles. The Hall–Kier alpha value is -0.345. The van der Waals surface area contributed by atoms with Crippen molar-refractivity contribution in [3.05, 3.63) is 0 Å². The number of hydrogen-bond donors (Lipinski definition) is 2. The Morgan fingerprint density at radius 3 is 3.18 bits per heavy atom. The van der Waals surface area contributed by atoms with E-state index in [1.165, 1.54) is 0 Å². The number of β-amino-alcohol motifs (C(OH)–C–C–N with tert-alkyl or cyclic N) is 1. The van der Waals surface area contributed by atoms with Crippen LogP contribution in [0.1, 0.15) is 6.42 Å². The molecule has 1 aliphatic rings. The fourth-order valence-electron chi connectivity index (χ4n) is 1.40. The van der Waals surface area contributed by atoms with E-state index < -0.39 is 0 Å². The third-order valence-electron chi connectivity index (χ3n) is 2.12. The molecule has 0 amide bonds. The molecule has 0 spiro atoms. The van der Waals surface area contributed by atoms with E-state index >= 15 is 0 Å². The molecule has 1 aliphatic heterocycles. The van der Waals surface area contributed by atoms with Crippen molar-refractivity contribution >= 4 is 13.5 Å². The zero-order valence-corrected chi connectivity index (χ0v) is 6.49. The average molecular weight is 154 g/mol. The zero-order valence-electron chi connectivity index (χ0n) is 6.49. The Morgan fingerprint density at radius 2 is 2.55 bits per heavy atom. The van der Waals surface area contributed by atoms with Gasteiger partial charge in [-0.3, -0.25) is 0 Å².